The average molecular weight is 351 g/mol. The second-order valence-electron chi connectivity index (χ2n) is 5.95. The van der Waals surface area contributed by atoms with Crippen molar-refractivity contribution in [1.82, 2.24) is 0 Å². The summed E-state index contributed by atoms with van der Waals surface area (Å²) < 4.78 is 5.70. The van der Waals surface area contributed by atoms with Crippen molar-refractivity contribution < 1.29 is 9.53 Å². The zero-order chi connectivity index (χ0) is 17.6. The Morgan fingerprint density at radius 1 is 1.00 bits per heavy atom. The Kier molecular flexibility index (Phi) is 5.51. The van der Waals surface area contributed by atoms with Gasteiger partial charge in [0.1, 0.15) is 5.75 Å². The van der Waals surface area contributed by atoms with Crippen LogP contribution in [0, 0.1) is 13.8 Å². The number of thiophene rings is 1. The van der Waals surface area contributed by atoms with E-state index in [9.17, 15) is 4.79 Å². The number of rotatable bonds is 6. The number of carbonyl (C=O) groups excluding carboxylic acids is 1. The molecule has 4 heteroatoms. The zero-order valence-corrected chi connectivity index (χ0v) is 15.3. The Balaban J connectivity index is 1.77. The third-order valence-corrected chi connectivity index (χ3v) is 4.85. The van der Waals surface area contributed by atoms with Crippen LogP contribution in [0.4, 0.5) is 5.69 Å². The number of nitrogens with zero attached hydrogens (tertiary/aromatic N) is 1. The van der Waals surface area contributed by atoms with E-state index in [0.717, 1.165) is 21.7 Å². The molecule has 0 aliphatic rings. The Morgan fingerprint density at radius 3 is 2.44 bits per heavy atom. The Labute approximate surface area is 152 Å². The van der Waals surface area contributed by atoms with E-state index < -0.39 is 0 Å². The lowest BCUT2D eigenvalue weighted by molar-refractivity contribution is -0.120. The molecule has 0 fully saturated rings. The van der Waals surface area contributed by atoms with E-state index in [1.54, 1.807) is 16.2 Å². The minimum absolute atomic E-state index is 0.0166. The zero-order valence-electron chi connectivity index (χ0n) is 14.4. The van der Waals surface area contributed by atoms with Crippen LogP contribution >= 0.6 is 11.3 Å². The number of ether oxygens (including phenoxy) is 1. The van der Waals surface area contributed by atoms with Gasteiger partial charge in [0.2, 0.25) is 0 Å². The van der Waals surface area contributed by atoms with Gasteiger partial charge in [-0.1, -0.05) is 42.0 Å². The molecule has 2 aromatic carbocycles. The maximum absolute atomic E-state index is 12.9. The molecule has 0 radical (unpaired) electrons. The molecule has 0 N–H and O–H groups in total. The van der Waals surface area contributed by atoms with Gasteiger partial charge in [0, 0.05) is 10.6 Å². The van der Waals surface area contributed by atoms with Crippen LogP contribution < -0.4 is 9.64 Å². The molecule has 0 spiro atoms. The number of benzene rings is 2. The smallest absolute Gasteiger partial charge is 0.265 e. The van der Waals surface area contributed by atoms with Crippen LogP contribution in [0.5, 0.6) is 5.75 Å². The largest absolute Gasteiger partial charge is 0.484 e. The van der Waals surface area contributed by atoms with Gasteiger partial charge in [-0.2, -0.15) is 0 Å². The summed E-state index contributed by atoms with van der Waals surface area (Å²) >= 11 is 1.65. The normalized spacial score (nSPS) is 10.5. The fourth-order valence-electron chi connectivity index (χ4n) is 2.59. The van der Waals surface area contributed by atoms with Gasteiger partial charge in [-0.3, -0.25) is 4.79 Å². The minimum Gasteiger partial charge on any atom is -0.484 e. The number of anilines is 1. The molecule has 128 valence electrons. The predicted octanol–water partition coefficient (Wildman–Crippen LogP) is 4.98. The molecule has 0 unspecified atom stereocenters. The number of para-hydroxylation sites is 1. The molecule has 0 aliphatic carbocycles. The molecule has 1 heterocycles. The van der Waals surface area contributed by atoms with Gasteiger partial charge in [0.05, 0.1) is 6.54 Å². The first-order chi connectivity index (χ1) is 12.1. The van der Waals surface area contributed by atoms with Crippen molar-refractivity contribution in [2.24, 2.45) is 0 Å². The molecule has 3 rings (SSSR count). The summed E-state index contributed by atoms with van der Waals surface area (Å²) in [6, 6.07) is 19.7. The molecule has 1 amide bonds. The van der Waals surface area contributed by atoms with Gasteiger partial charge in [-0.25, -0.2) is 0 Å². The first-order valence-corrected chi connectivity index (χ1v) is 9.09. The van der Waals surface area contributed by atoms with Crippen molar-refractivity contribution in [3.63, 3.8) is 0 Å². The van der Waals surface area contributed by atoms with Crippen LogP contribution in [0.3, 0.4) is 0 Å². The second-order valence-corrected chi connectivity index (χ2v) is 6.98. The third kappa shape index (κ3) is 4.48. The molecule has 1 aromatic heterocycles. The summed E-state index contributed by atoms with van der Waals surface area (Å²) in [7, 11) is 0. The van der Waals surface area contributed by atoms with E-state index in [2.05, 4.69) is 0 Å². The van der Waals surface area contributed by atoms with Crippen molar-refractivity contribution >= 4 is 22.9 Å². The van der Waals surface area contributed by atoms with E-state index in [-0.39, 0.29) is 12.5 Å². The van der Waals surface area contributed by atoms with Crippen molar-refractivity contribution in [2.75, 3.05) is 11.5 Å². The molecule has 0 saturated carbocycles. The lowest BCUT2D eigenvalue weighted by atomic mass is 10.1. The monoisotopic (exact) mass is 351 g/mol. The number of carbonyl (C=O) groups is 1. The highest BCUT2D eigenvalue weighted by molar-refractivity contribution is 7.09. The number of hydrogen-bond acceptors (Lipinski definition) is 3. The maximum Gasteiger partial charge on any atom is 0.265 e. The number of aryl methyl sites for hydroxylation is 2. The van der Waals surface area contributed by atoms with Gasteiger partial charge in [0.25, 0.3) is 5.91 Å². The van der Waals surface area contributed by atoms with Gasteiger partial charge >= 0.3 is 0 Å². The van der Waals surface area contributed by atoms with Crippen LogP contribution in [0.25, 0.3) is 0 Å². The van der Waals surface area contributed by atoms with Crippen molar-refractivity contribution in [2.45, 2.75) is 20.4 Å². The average Bonchev–Trinajstić information content (AvgIpc) is 3.13. The first kappa shape index (κ1) is 17.2. The molecular weight excluding hydrogens is 330 g/mol. The van der Waals surface area contributed by atoms with Crippen LogP contribution in [-0.2, 0) is 11.3 Å². The lowest BCUT2D eigenvalue weighted by Crippen LogP contribution is -2.34. The number of hydrogen-bond donors (Lipinski definition) is 0. The van der Waals surface area contributed by atoms with Gasteiger partial charge in [0.15, 0.2) is 6.61 Å². The minimum atomic E-state index is -0.0525. The summed E-state index contributed by atoms with van der Waals surface area (Å²) in [4.78, 5) is 15.8. The summed E-state index contributed by atoms with van der Waals surface area (Å²) in [5.41, 5.74) is 3.16. The number of amides is 1. The lowest BCUT2D eigenvalue weighted by Gasteiger charge is -2.24. The quantitative estimate of drug-likeness (QED) is 0.627. The standard InChI is InChI=1S/C21H21NO2S/c1-16-9-11-18(12-10-16)24-15-21(23)22(14-19-7-5-13-25-19)20-8-4-3-6-17(20)2/h3-13H,14-15H2,1-2H3. The molecular formula is C21H21NO2S. The Bertz CT molecular complexity index is 825. The van der Waals surface area contributed by atoms with Crippen molar-refractivity contribution in [1.29, 1.82) is 0 Å². The van der Waals surface area contributed by atoms with E-state index >= 15 is 0 Å². The van der Waals surface area contributed by atoms with Crippen LogP contribution in [0.15, 0.2) is 66.0 Å². The second kappa shape index (κ2) is 7.99. The molecule has 0 saturated heterocycles. The van der Waals surface area contributed by atoms with Crippen LogP contribution in [0.1, 0.15) is 16.0 Å². The van der Waals surface area contributed by atoms with Gasteiger partial charge in [-0.05, 0) is 49.1 Å². The van der Waals surface area contributed by atoms with Gasteiger partial charge < -0.3 is 9.64 Å². The fraction of sp³-hybridized carbons (Fsp3) is 0.190. The van der Waals surface area contributed by atoms with Crippen molar-refractivity contribution in [3.05, 3.63) is 82.0 Å². The molecule has 3 nitrogen and oxygen atoms in total. The SMILES string of the molecule is Cc1ccc(OCC(=O)N(Cc2cccs2)c2ccccc2C)cc1. The fourth-order valence-corrected chi connectivity index (χ4v) is 3.28. The molecule has 0 bridgehead atoms. The van der Waals surface area contributed by atoms with E-state index in [1.807, 2.05) is 79.9 Å². The highest BCUT2D eigenvalue weighted by atomic mass is 32.1. The Hall–Kier alpha value is -2.59. The summed E-state index contributed by atoms with van der Waals surface area (Å²) in [5, 5.41) is 2.03. The van der Waals surface area contributed by atoms with E-state index in [1.165, 1.54) is 0 Å². The van der Waals surface area contributed by atoms with Crippen LogP contribution in [0.2, 0.25) is 0 Å². The maximum atomic E-state index is 12.9. The van der Waals surface area contributed by atoms with E-state index in [4.69, 9.17) is 4.74 Å². The molecule has 0 atom stereocenters. The topological polar surface area (TPSA) is 29.5 Å². The molecule has 0 aliphatic heterocycles. The Morgan fingerprint density at radius 2 is 1.76 bits per heavy atom. The molecule has 3 aromatic rings. The predicted molar refractivity (Wildman–Crippen MR) is 103 cm³/mol. The van der Waals surface area contributed by atoms with Crippen molar-refractivity contribution in [3.8, 4) is 5.75 Å². The molecule has 25 heavy (non-hydrogen) atoms. The van der Waals surface area contributed by atoms with Crippen LogP contribution in [-0.4, -0.2) is 12.5 Å². The third-order valence-electron chi connectivity index (χ3n) is 3.98. The highest BCUT2D eigenvalue weighted by Crippen LogP contribution is 2.24. The van der Waals surface area contributed by atoms with Gasteiger partial charge in [-0.15, -0.1) is 11.3 Å². The first-order valence-electron chi connectivity index (χ1n) is 8.21. The summed E-state index contributed by atoms with van der Waals surface area (Å²) in [5.74, 6) is 0.656. The summed E-state index contributed by atoms with van der Waals surface area (Å²) in [6.07, 6.45) is 0. The van der Waals surface area contributed by atoms with E-state index in [0.29, 0.717) is 12.3 Å². The summed E-state index contributed by atoms with van der Waals surface area (Å²) in [6.45, 7) is 4.61. The highest BCUT2D eigenvalue weighted by Gasteiger charge is 2.19.